The van der Waals surface area contributed by atoms with Crippen molar-refractivity contribution in [1.82, 2.24) is 9.21 Å². The van der Waals surface area contributed by atoms with Crippen LogP contribution in [0.25, 0.3) is 0 Å². The van der Waals surface area contributed by atoms with Crippen molar-refractivity contribution in [2.45, 2.75) is 70.9 Å². The minimum absolute atomic E-state index is 0.00179. The second-order valence-electron chi connectivity index (χ2n) is 12.2. The minimum atomic E-state index is -3.68. The van der Waals surface area contributed by atoms with E-state index >= 15 is 0 Å². The van der Waals surface area contributed by atoms with Gasteiger partial charge in [-0.3, -0.25) is 4.79 Å². The van der Waals surface area contributed by atoms with Gasteiger partial charge >= 0.3 is 5.97 Å². The van der Waals surface area contributed by atoms with Crippen LogP contribution in [0.1, 0.15) is 78.1 Å². The normalized spacial score (nSPS) is 25.1. The molecule has 1 saturated heterocycles. The zero-order valence-corrected chi connectivity index (χ0v) is 24.4. The van der Waals surface area contributed by atoms with Crippen LogP contribution in [-0.2, 0) is 27.7 Å². The first-order valence-electron chi connectivity index (χ1n) is 13.3. The van der Waals surface area contributed by atoms with Gasteiger partial charge in [0.1, 0.15) is 5.00 Å². The highest BCUT2D eigenvalue weighted by Gasteiger charge is 2.53. The molecule has 1 aliphatic carbocycles. The Kier molecular flexibility index (Phi) is 6.99. The highest BCUT2D eigenvalue weighted by molar-refractivity contribution is 7.89. The van der Waals surface area contributed by atoms with Crippen molar-refractivity contribution in [2.75, 3.05) is 32.1 Å². The van der Waals surface area contributed by atoms with Crippen LogP contribution in [-0.4, -0.2) is 62.3 Å². The summed E-state index contributed by atoms with van der Waals surface area (Å²) in [6, 6.07) is 6.12. The van der Waals surface area contributed by atoms with Gasteiger partial charge < -0.3 is 15.0 Å². The zero-order chi connectivity index (χ0) is 27.5. The molecule has 1 aromatic carbocycles. The Bertz CT molecular complexity index is 1370. The van der Waals surface area contributed by atoms with Crippen molar-refractivity contribution in [3.63, 3.8) is 0 Å². The number of anilines is 1. The van der Waals surface area contributed by atoms with E-state index in [4.69, 9.17) is 4.74 Å². The Morgan fingerprint density at radius 1 is 1.16 bits per heavy atom. The first kappa shape index (κ1) is 27.3. The van der Waals surface area contributed by atoms with Crippen molar-refractivity contribution in [2.24, 2.45) is 10.8 Å². The van der Waals surface area contributed by atoms with Crippen LogP contribution < -0.4 is 5.32 Å². The molecule has 3 heterocycles. The second kappa shape index (κ2) is 9.73. The SMILES string of the molecule is CCOC(=O)c1c(NC(=O)c2ccc(S(=O)(=O)N3C[C@@]4(C)C[C@@H]3CC(C)(C)C4)cc2)sc2c1CCN(C)C2. The summed E-state index contributed by atoms with van der Waals surface area (Å²) in [5.74, 6) is -0.822. The summed E-state index contributed by atoms with van der Waals surface area (Å²) >= 11 is 1.40. The minimum Gasteiger partial charge on any atom is -0.462 e. The maximum atomic E-state index is 13.6. The highest BCUT2D eigenvalue weighted by atomic mass is 32.2. The fraction of sp³-hybridized carbons (Fsp3) is 0.571. The number of benzene rings is 1. The van der Waals surface area contributed by atoms with Gasteiger partial charge in [-0.1, -0.05) is 20.8 Å². The molecule has 2 aromatic rings. The van der Waals surface area contributed by atoms with Crippen molar-refractivity contribution >= 4 is 38.2 Å². The number of esters is 1. The standard InChI is InChI=1S/C28H37N3O5S2/c1-6-36-26(33)23-21-11-12-30(5)15-22(21)37-25(23)29-24(32)18-7-9-20(10-8-18)38(34,35)31-17-28(4)14-19(31)13-27(2,3)16-28/h7-10,19H,6,11-17H2,1-5H3,(H,29,32)/t19-,28-/m0/s1. The van der Waals surface area contributed by atoms with Gasteiger partial charge in [-0.25, -0.2) is 13.2 Å². The summed E-state index contributed by atoms with van der Waals surface area (Å²) in [7, 11) is -1.65. The van der Waals surface area contributed by atoms with Crippen LogP contribution in [0, 0.1) is 10.8 Å². The average Bonchev–Trinajstić information content (AvgIpc) is 3.31. The molecule has 0 unspecified atom stereocenters. The Morgan fingerprint density at radius 2 is 1.87 bits per heavy atom. The van der Waals surface area contributed by atoms with Crippen LogP contribution in [0.4, 0.5) is 5.00 Å². The highest BCUT2D eigenvalue weighted by Crippen LogP contribution is 2.53. The zero-order valence-electron chi connectivity index (χ0n) is 22.8. The van der Waals surface area contributed by atoms with Gasteiger partial charge in [-0.2, -0.15) is 4.31 Å². The van der Waals surface area contributed by atoms with Crippen molar-refractivity contribution < 1.29 is 22.7 Å². The van der Waals surface area contributed by atoms with E-state index in [0.29, 0.717) is 35.6 Å². The quantitative estimate of drug-likeness (QED) is 0.513. The van der Waals surface area contributed by atoms with E-state index < -0.39 is 21.9 Å². The third-order valence-electron chi connectivity index (χ3n) is 8.04. The molecular formula is C28H37N3O5S2. The molecule has 5 rings (SSSR count). The Balaban J connectivity index is 1.36. The lowest BCUT2D eigenvalue weighted by Gasteiger charge is -2.39. The molecule has 0 radical (unpaired) electrons. The summed E-state index contributed by atoms with van der Waals surface area (Å²) in [6.07, 6.45) is 3.47. The number of nitrogens with zero attached hydrogens (tertiary/aromatic N) is 2. The molecule has 1 aromatic heterocycles. The molecule has 1 N–H and O–H groups in total. The third kappa shape index (κ3) is 5.03. The summed E-state index contributed by atoms with van der Waals surface area (Å²) in [4.78, 5) is 29.4. The van der Waals surface area contributed by atoms with Crippen molar-refractivity contribution in [1.29, 1.82) is 0 Å². The van der Waals surface area contributed by atoms with Gasteiger partial charge in [0.25, 0.3) is 5.91 Å². The molecule has 8 nitrogen and oxygen atoms in total. The smallest absolute Gasteiger partial charge is 0.341 e. The van der Waals surface area contributed by atoms with E-state index in [1.165, 1.54) is 23.5 Å². The Morgan fingerprint density at radius 3 is 2.55 bits per heavy atom. The lowest BCUT2D eigenvalue weighted by atomic mass is 9.65. The maximum Gasteiger partial charge on any atom is 0.341 e. The molecule has 2 aliphatic heterocycles. The summed E-state index contributed by atoms with van der Waals surface area (Å²) in [5.41, 5.74) is 1.81. The predicted molar refractivity (Wildman–Crippen MR) is 148 cm³/mol. The maximum absolute atomic E-state index is 13.6. The van der Waals surface area contributed by atoms with Crippen LogP contribution >= 0.6 is 11.3 Å². The van der Waals surface area contributed by atoms with Gasteiger partial charge in [0.15, 0.2) is 0 Å². The lowest BCUT2D eigenvalue weighted by molar-refractivity contribution is 0.0526. The first-order valence-corrected chi connectivity index (χ1v) is 15.5. The van der Waals surface area contributed by atoms with E-state index in [2.05, 4.69) is 31.0 Å². The monoisotopic (exact) mass is 559 g/mol. The van der Waals surface area contributed by atoms with Crippen molar-refractivity contribution in [3.8, 4) is 0 Å². The molecule has 206 valence electrons. The van der Waals surface area contributed by atoms with E-state index in [1.54, 1.807) is 23.4 Å². The van der Waals surface area contributed by atoms with Gasteiger partial charge in [0.2, 0.25) is 10.0 Å². The number of amides is 1. The first-order chi connectivity index (χ1) is 17.8. The second-order valence-corrected chi connectivity index (χ2v) is 15.2. The number of thiophene rings is 1. The molecular weight excluding hydrogens is 522 g/mol. The van der Waals surface area contributed by atoms with Crippen LogP contribution in [0.3, 0.4) is 0 Å². The molecule has 10 heteroatoms. The number of likely N-dealkylation sites (N-methyl/N-ethyl adjacent to an activating group) is 1. The van der Waals surface area contributed by atoms with E-state index in [-0.39, 0.29) is 28.4 Å². The largest absolute Gasteiger partial charge is 0.462 e. The fourth-order valence-corrected chi connectivity index (χ4v) is 9.90. The van der Waals surface area contributed by atoms with Crippen molar-refractivity contribution in [3.05, 3.63) is 45.8 Å². The number of nitrogens with one attached hydrogen (secondary N) is 1. The molecule has 2 fully saturated rings. The van der Waals surface area contributed by atoms with E-state index in [9.17, 15) is 18.0 Å². The molecule has 2 bridgehead atoms. The molecule has 1 amide bonds. The van der Waals surface area contributed by atoms with Crippen LogP contribution in [0.5, 0.6) is 0 Å². The van der Waals surface area contributed by atoms with Gasteiger partial charge in [0.05, 0.1) is 17.1 Å². The average molecular weight is 560 g/mol. The number of rotatable bonds is 6. The van der Waals surface area contributed by atoms with Crippen LogP contribution in [0.15, 0.2) is 29.2 Å². The predicted octanol–water partition coefficient (Wildman–Crippen LogP) is 4.75. The molecule has 38 heavy (non-hydrogen) atoms. The summed E-state index contributed by atoms with van der Waals surface area (Å²) in [5, 5.41) is 3.37. The Hall–Kier alpha value is -2.27. The number of ether oxygens (including phenoxy) is 1. The van der Waals surface area contributed by atoms with E-state index in [0.717, 1.165) is 36.2 Å². The molecule has 3 aliphatic rings. The number of sulfonamides is 1. The number of carbonyl (C=O) groups excluding carboxylic acids is 2. The topological polar surface area (TPSA) is 96.0 Å². The molecule has 2 atom stereocenters. The number of hydrogen-bond donors (Lipinski definition) is 1. The molecule has 1 saturated carbocycles. The summed E-state index contributed by atoms with van der Waals surface area (Å²) in [6.45, 7) is 10.7. The summed E-state index contributed by atoms with van der Waals surface area (Å²) < 4.78 is 34.2. The number of hydrogen-bond acceptors (Lipinski definition) is 7. The number of carbonyl (C=O) groups is 2. The van der Waals surface area contributed by atoms with Gasteiger partial charge in [-0.05, 0) is 80.3 Å². The van der Waals surface area contributed by atoms with E-state index in [1.807, 2.05) is 7.05 Å². The lowest BCUT2D eigenvalue weighted by Crippen LogP contribution is -2.37. The van der Waals surface area contributed by atoms with Gasteiger partial charge in [0, 0.05) is 36.1 Å². The molecule has 0 spiro atoms. The van der Waals surface area contributed by atoms with Crippen LogP contribution in [0.2, 0.25) is 0 Å². The Labute approximate surface area is 229 Å². The van der Waals surface area contributed by atoms with Gasteiger partial charge in [-0.15, -0.1) is 11.3 Å². The third-order valence-corrected chi connectivity index (χ3v) is 11.1. The number of fused-ring (bicyclic) bond motifs is 3. The fourth-order valence-electron chi connectivity index (χ4n) is 6.82.